The van der Waals surface area contributed by atoms with Crippen LogP contribution in [0, 0.1) is 5.92 Å². The third-order valence-corrected chi connectivity index (χ3v) is 2.09. The summed E-state index contributed by atoms with van der Waals surface area (Å²) in [4.78, 5) is 0. The van der Waals surface area contributed by atoms with Gasteiger partial charge in [0.05, 0.1) is 6.10 Å². The predicted molar refractivity (Wildman–Crippen MR) is 34.6 cm³/mol. The maximum absolute atomic E-state index is 8.79. The molecule has 0 aliphatic heterocycles. The lowest BCUT2D eigenvalue weighted by Gasteiger charge is -2.08. The summed E-state index contributed by atoms with van der Waals surface area (Å²) in [6, 6.07) is 0. The fourth-order valence-electron chi connectivity index (χ4n) is 0.129. The summed E-state index contributed by atoms with van der Waals surface area (Å²) in [5.74, 6) is 0.375. The van der Waals surface area contributed by atoms with E-state index in [2.05, 4.69) is 15.9 Å². The standard InChI is InChI=1S/C5H11BrO/c1-4(3-6)5(2)7/h4-5,7H,3H2,1-2H3/t4-,5+/m0/s1. The van der Waals surface area contributed by atoms with Gasteiger partial charge in [0, 0.05) is 5.33 Å². The van der Waals surface area contributed by atoms with E-state index >= 15 is 0 Å². The van der Waals surface area contributed by atoms with E-state index < -0.39 is 0 Å². The fourth-order valence-corrected chi connectivity index (χ4v) is 0.670. The van der Waals surface area contributed by atoms with Crippen LogP contribution in [-0.4, -0.2) is 16.5 Å². The van der Waals surface area contributed by atoms with Gasteiger partial charge < -0.3 is 5.11 Å². The zero-order valence-corrected chi connectivity index (χ0v) is 6.27. The van der Waals surface area contributed by atoms with Gasteiger partial charge in [0.15, 0.2) is 0 Å². The smallest absolute Gasteiger partial charge is 0.0545 e. The van der Waals surface area contributed by atoms with Crippen molar-refractivity contribution in [3.8, 4) is 0 Å². The Balaban J connectivity index is 3.14. The molecule has 0 aromatic heterocycles. The number of aliphatic hydroxyl groups excluding tert-OH is 1. The number of alkyl halides is 1. The average molecular weight is 167 g/mol. The Morgan fingerprint density at radius 2 is 2.00 bits per heavy atom. The summed E-state index contributed by atoms with van der Waals surface area (Å²) in [7, 11) is 0. The molecule has 0 radical (unpaired) electrons. The molecular formula is C5H11BrO. The highest BCUT2D eigenvalue weighted by atomic mass is 79.9. The minimum absolute atomic E-state index is 0.181. The van der Waals surface area contributed by atoms with E-state index in [0.717, 1.165) is 5.33 Å². The molecule has 7 heavy (non-hydrogen) atoms. The van der Waals surface area contributed by atoms with E-state index in [9.17, 15) is 0 Å². The topological polar surface area (TPSA) is 20.2 Å². The predicted octanol–water partition coefficient (Wildman–Crippen LogP) is 1.40. The highest BCUT2D eigenvalue weighted by Gasteiger charge is 2.04. The minimum Gasteiger partial charge on any atom is -0.393 e. The molecule has 0 unspecified atom stereocenters. The average Bonchev–Trinajstić information content (AvgIpc) is 1.65. The van der Waals surface area contributed by atoms with Crippen molar-refractivity contribution in [2.45, 2.75) is 20.0 Å². The van der Waals surface area contributed by atoms with Crippen LogP contribution in [0.15, 0.2) is 0 Å². The number of aliphatic hydroxyl groups is 1. The van der Waals surface area contributed by atoms with Crippen LogP contribution in [0.5, 0.6) is 0 Å². The largest absolute Gasteiger partial charge is 0.393 e. The monoisotopic (exact) mass is 166 g/mol. The molecule has 0 aliphatic rings. The Hall–Kier alpha value is 0.440. The van der Waals surface area contributed by atoms with E-state index in [-0.39, 0.29) is 6.10 Å². The maximum atomic E-state index is 8.79. The fraction of sp³-hybridized carbons (Fsp3) is 1.00. The molecule has 1 nitrogen and oxygen atoms in total. The summed E-state index contributed by atoms with van der Waals surface area (Å²) in [5.41, 5.74) is 0. The van der Waals surface area contributed by atoms with E-state index in [1.54, 1.807) is 6.92 Å². The number of hydrogen-bond donors (Lipinski definition) is 1. The van der Waals surface area contributed by atoms with Crippen molar-refractivity contribution >= 4 is 15.9 Å². The molecule has 0 aromatic carbocycles. The van der Waals surface area contributed by atoms with Crippen molar-refractivity contribution in [2.75, 3.05) is 5.33 Å². The lowest BCUT2D eigenvalue weighted by atomic mass is 10.1. The SMILES string of the molecule is C[C@@H](O)[C@@H](C)CBr. The molecule has 0 aromatic rings. The van der Waals surface area contributed by atoms with E-state index in [0.29, 0.717) is 5.92 Å². The van der Waals surface area contributed by atoms with Crippen LogP contribution < -0.4 is 0 Å². The molecule has 1 N–H and O–H groups in total. The Morgan fingerprint density at radius 3 is 2.00 bits per heavy atom. The molecule has 44 valence electrons. The molecular weight excluding hydrogens is 156 g/mol. The van der Waals surface area contributed by atoms with Gasteiger partial charge in [-0.25, -0.2) is 0 Å². The first-order valence-electron chi connectivity index (χ1n) is 2.42. The van der Waals surface area contributed by atoms with E-state index in [4.69, 9.17) is 5.11 Å². The van der Waals surface area contributed by atoms with Crippen LogP contribution >= 0.6 is 15.9 Å². The van der Waals surface area contributed by atoms with Crippen LogP contribution in [0.3, 0.4) is 0 Å². The number of halogens is 1. The molecule has 0 rings (SSSR count). The van der Waals surface area contributed by atoms with Crippen molar-refractivity contribution in [3.05, 3.63) is 0 Å². The summed E-state index contributed by atoms with van der Waals surface area (Å²) in [6.07, 6.45) is -0.181. The highest BCUT2D eigenvalue weighted by molar-refractivity contribution is 9.09. The summed E-state index contributed by atoms with van der Waals surface area (Å²) in [6.45, 7) is 3.80. The van der Waals surface area contributed by atoms with Gasteiger partial charge in [0.25, 0.3) is 0 Å². The van der Waals surface area contributed by atoms with Crippen LogP contribution in [0.4, 0.5) is 0 Å². The molecule has 2 atom stereocenters. The lowest BCUT2D eigenvalue weighted by molar-refractivity contribution is 0.147. The van der Waals surface area contributed by atoms with Crippen molar-refractivity contribution in [2.24, 2.45) is 5.92 Å². The van der Waals surface area contributed by atoms with Gasteiger partial charge in [-0.2, -0.15) is 0 Å². The second-order valence-corrected chi connectivity index (χ2v) is 2.52. The van der Waals surface area contributed by atoms with Gasteiger partial charge in [0.2, 0.25) is 0 Å². The van der Waals surface area contributed by atoms with Gasteiger partial charge >= 0.3 is 0 Å². The highest BCUT2D eigenvalue weighted by Crippen LogP contribution is 2.03. The quantitative estimate of drug-likeness (QED) is 0.616. The first-order valence-corrected chi connectivity index (χ1v) is 3.54. The van der Waals surface area contributed by atoms with Crippen LogP contribution in [0.1, 0.15) is 13.8 Å². The Morgan fingerprint density at radius 1 is 1.57 bits per heavy atom. The van der Waals surface area contributed by atoms with E-state index in [1.165, 1.54) is 0 Å². The minimum atomic E-state index is -0.181. The summed E-state index contributed by atoms with van der Waals surface area (Å²) >= 11 is 3.26. The Labute approximate surface area is 52.9 Å². The third kappa shape index (κ3) is 3.06. The summed E-state index contributed by atoms with van der Waals surface area (Å²) in [5, 5.41) is 9.67. The molecule has 0 saturated heterocycles. The van der Waals surface area contributed by atoms with Crippen LogP contribution in [0.2, 0.25) is 0 Å². The Kier molecular flexibility index (Phi) is 3.66. The van der Waals surface area contributed by atoms with Crippen molar-refractivity contribution < 1.29 is 5.11 Å². The van der Waals surface area contributed by atoms with Crippen molar-refractivity contribution in [1.82, 2.24) is 0 Å². The van der Waals surface area contributed by atoms with E-state index in [1.807, 2.05) is 6.92 Å². The first kappa shape index (κ1) is 7.44. The normalized spacial score (nSPS) is 18.9. The van der Waals surface area contributed by atoms with Crippen molar-refractivity contribution in [3.63, 3.8) is 0 Å². The second kappa shape index (κ2) is 3.44. The van der Waals surface area contributed by atoms with Crippen LogP contribution in [-0.2, 0) is 0 Å². The van der Waals surface area contributed by atoms with Gasteiger partial charge in [-0.3, -0.25) is 0 Å². The molecule has 0 amide bonds. The van der Waals surface area contributed by atoms with Crippen LogP contribution in [0.25, 0.3) is 0 Å². The molecule has 0 aliphatic carbocycles. The maximum Gasteiger partial charge on any atom is 0.0545 e. The molecule has 2 heteroatoms. The molecule has 0 spiro atoms. The molecule has 0 bridgehead atoms. The zero-order valence-electron chi connectivity index (χ0n) is 4.69. The second-order valence-electron chi connectivity index (χ2n) is 1.87. The molecule has 0 saturated carbocycles. The number of hydrogen-bond acceptors (Lipinski definition) is 1. The Bertz CT molecular complexity index is 45.3. The third-order valence-electron chi connectivity index (χ3n) is 1.07. The number of rotatable bonds is 2. The van der Waals surface area contributed by atoms with Gasteiger partial charge in [-0.1, -0.05) is 22.9 Å². The summed E-state index contributed by atoms with van der Waals surface area (Å²) < 4.78 is 0. The van der Waals surface area contributed by atoms with Gasteiger partial charge in [-0.05, 0) is 12.8 Å². The molecule has 0 heterocycles. The van der Waals surface area contributed by atoms with Crippen molar-refractivity contribution in [1.29, 1.82) is 0 Å². The van der Waals surface area contributed by atoms with Gasteiger partial charge in [0.1, 0.15) is 0 Å². The first-order chi connectivity index (χ1) is 3.18. The van der Waals surface area contributed by atoms with Gasteiger partial charge in [-0.15, -0.1) is 0 Å². The molecule has 0 fully saturated rings. The zero-order chi connectivity index (χ0) is 5.86. The lowest BCUT2D eigenvalue weighted by Crippen LogP contribution is -2.13.